The Kier molecular flexibility index (Phi) is 5.63. The van der Waals surface area contributed by atoms with E-state index in [1.165, 1.54) is 0 Å². The van der Waals surface area contributed by atoms with Gasteiger partial charge in [0.1, 0.15) is 0 Å². The number of halogens is 3. The molecule has 2 N–H and O–H groups in total. The predicted molar refractivity (Wildman–Crippen MR) is 58.9 cm³/mol. The fraction of sp³-hybridized carbons (Fsp3) is 0.818. The molecule has 0 aliphatic carbocycles. The molecule has 0 aliphatic rings. The van der Waals surface area contributed by atoms with E-state index in [1.54, 1.807) is 6.92 Å². The summed E-state index contributed by atoms with van der Waals surface area (Å²) in [5.41, 5.74) is -2.09. The van der Waals surface area contributed by atoms with Gasteiger partial charge in [-0.25, -0.2) is 0 Å². The number of hydrogen-bond acceptors (Lipinski definition) is 2. The monoisotopic (exact) mass is 269 g/mol. The molecule has 0 fully saturated rings. The number of aliphatic carboxylic acids is 1. The Hall–Kier alpha value is -1.27. The summed E-state index contributed by atoms with van der Waals surface area (Å²) in [6.45, 7) is 3.56. The summed E-state index contributed by atoms with van der Waals surface area (Å²) < 4.78 is 37.5. The van der Waals surface area contributed by atoms with Crippen molar-refractivity contribution in [3.8, 4) is 0 Å². The summed E-state index contributed by atoms with van der Waals surface area (Å²) in [6.07, 6.45) is -5.25. The number of carbonyl (C=O) groups excluding carboxylic acids is 1. The molecule has 1 atom stereocenters. The molecule has 0 spiro atoms. The van der Waals surface area contributed by atoms with Crippen LogP contribution in [-0.4, -0.2) is 29.7 Å². The van der Waals surface area contributed by atoms with Crippen LogP contribution in [0.1, 0.15) is 33.6 Å². The molecular formula is C11H18F3NO3. The summed E-state index contributed by atoms with van der Waals surface area (Å²) in [5.74, 6) is -2.05. The van der Waals surface area contributed by atoms with Crippen molar-refractivity contribution >= 4 is 11.9 Å². The van der Waals surface area contributed by atoms with Crippen LogP contribution in [-0.2, 0) is 9.59 Å². The standard InChI is InChI=1S/C11H18F3NO3/c1-7(4-9(17)18)6-15-8(16)5-10(2,3)11(12,13)14/h7H,4-6H2,1-3H3,(H,15,16)(H,17,18). The van der Waals surface area contributed by atoms with Crippen LogP contribution >= 0.6 is 0 Å². The van der Waals surface area contributed by atoms with E-state index >= 15 is 0 Å². The van der Waals surface area contributed by atoms with Crippen molar-refractivity contribution in [3.05, 3.63) is 0 Å². The second kappa shape index (κ2) is 6.06. The minimum Gasteiger partial charge on any atom is -0.481 e. The molecule has 0 radical (unpaired) electrons. The van der Waals surface area contributed by atoms with Gasteiger partial charge in [-0.2, -0.15) is 13.2 Å². The summed E-state index contributed by atoms with van der Waals surface area (Å²) in [5, 5.41) is 10.8. The molecule has 1 amide bonds. The SMILES string of the molecule is CC(CNC(=O)CC(C)(C)C(F)(F)F)CC(=O)O. The summed E-state index contributed by atoms with van der Waals surface area (Å²) >= 11 is 0. The number of alkyl halides is 3. The normalized spacial score (nSPS) is 14.1. The largest absolute Gasteiger partial charge is 0.481 e. The van der Waals surface area contributed by atoms with Crippen molar-refractivity contribution in [2.24, 2.45) is 11.3 Å². The second-order valence-corrected chi connectivity index (χ2v) is 5.07. The highest BCUT2D eigenvalue weighted by molar-refractivity contribution is 5.76. The Morgan fingerprint density at radius 3 is 2.17 bits per heavy atom. The Bertz CT molecular complexity index is 313. The minimum atomic E-state index is -4.45. The Morgan fingerprint density at radius 2 is 1.78 bits per heavy atom. The molecule has 0 bridgehead atoms. The van der Waals surface area contributed by atoms with Crippen molar-refractivity contribution in [2.75, 3.05) is 6.54 Å². The van der Waals surface area contributed by atoms with E-state index in [-0.39, 0.29) is 18.9 Å². The first-order valence-corrected chi connectivity index (χ1v) is 5.51. The lowest BCUT2D eigenvalue weighted by Gasteiger charge is -2.27. The van der Waals surface area contributed by atoms with Crippen LogP contribution in [0.5, 0.6) is 0 Å². The van der Waals surface area contributed by atoms with Gasteiger partial charge in [-0.3, -0.25) is 9.59 Å². The van der Waals surface area contributed by atoms with Gasteiger partial charge >= 0.3 is 12.1 Å². The van der Waals surface area contributed by atoms with E-state index in [9.17, 15) is 22.8 Å². The maximum absolute atomic E-state index is 12.5. The van der Waals surface area contributed by atoms with Crippen LogP contribution in [0, 0.1) is 11.3 Å². The van der Waals surface area contributed by atoms with Gasteiger partial charge in [0.25, 0.3) is 0 Å². The van der Waals surface area contributed by atoms with E-state index in [2.05, 4.69) is 5.32 Å². The Labute approximate surface area is 104 Å². The highest BCUT2D eigenvalue weighted by atomic mass is 19.4. The van der Waals surface area contributed by atoms with Crippen molar-refractivity contribution in [3.63, 3.8) is 0 Å². The lowest BCUT2D eigenvalue weighted by atomic mass is 9.88. The van der Waals surface area contributed by atoms with Crippen LogP contribution in [0.3, 0.4) is 0 Å². The van der Waals surface area contributed by atoms with Gasteiger partial charge in [-0.15, -0.1) is 0 Å². The van der Waals surface area contributed by atoms with Gasteiger partial charge in [0, 0.05) is 19.4 Å². The molecule has 0 rings (SSSR count). The van der Waals surface area contributed by atoms with Crippen molar-refractivity contribution in [1.82, 2.24) is 5.32 Å². The number of nitrogens with one attached hydrogen (secondary N) is 1. The van der Waals surface area contributed by atoms with Gasteiger partial charge < -0.3 is 10.4 Å². The molecule has 106 valence electrons. The number of rotatable bonds is 6. The van der Waals surface area contributed by atoms with Crippen LogP contribution in [0.4, 0.5) is 13.2 Å². The fourth-order valence-corrected chi connectivity index (χ4v) is 1.22. The second-order valence-electron chi connectivity index (χ2n) is 5.07. The molecule has 0 aromatic carbocycles. The third kappa shape index (κ3) is 5.88. The average molecular weight is 269 g/mol. The average Bonchev–Trinajstić information content (AvgIpc) is 2.11. The van der Waals surface area contributed by atoms with E-state index in [0.29, 0.717) is 0 Å². The highest BCUT2D eigenvalue weighted by Crippen LogP contribution is 2.40. The van der Waals surface area contributed by atoms with E-state index in [1.807, 2.05) is 0 Å². The fourth-order valence-electron chi connectivity index (χ4n) is 1.22. The molecule has 1 unspecified atom stereocenters. The number of carboxylic acids is 1. The predicted octanol–water partition coefficient (Wildman–Crippen LogP) is 2.19. The zero-order chi connectivity index (χ0) is 14.6. The molecule has 0 aliphatic heterocycles. The first kappa shape index (κ1) is 16.7. The van der Waals surface area contributed by atoms with Crippen LogP contribution in [0.2, 0.25) is 0 Å². The quantitative estimate of drug-likeness (QED) is 0.776. The van der Waals surface area contributed by atoms with Gasteiger partial charge in [0.2, 0.25) is 5.91 Å². The lowest BCUT2D eigenvalue weighted by molar-refractivity contribution is -0.213. The maximum atomic E-state index is 12.5. The van der Waals surface area contributed by atoms with Gasteiger partial charge in [0.15, 0.2) is 0 Å². The van der Waals surface area contributed by atoms with E-state index in [4.69, 9.17) is 5.11 Å². The lowest BCUT2D eigenvalue weighted by Crippen LogP contribution is -2.39. The van der Waals surface area contributed by atoms with Gasteiger partial charge in [0.05, 0.1) is 5.41 Å². The van der Waals surface area contributed by atoms with Crippen molar-refractivity contribution < 1.29 is 27.9 Å². The zero-order valence-electron chi connectivity index (χ0n) is 10.6. The number of carboxylic acid groups (broad SMARTS) is 1. The summed E-state index contributed by atoms with van der Waals surface area (Å²) in [7, 11) is 0. The molecule has 0 saturated heterocycles. The molecule has 0 aromatic rings. The van der Waals surface area contributed by atoms with Crippen molar-refractivity contribution in [1.29, 1.82) is 0 Å². The number of hydrogen-bond donors (Lipinski definition) is 2. The number of amides is 1. The highest BCUT2D eigenvalue weighted by Gasteiger charge is 2.48. The Morgan fingerprint density at radius 1 is 1.28 bits per heavy atom. The Balaban J connectivity index is 4.17. The van der Waals surface area contributed by atoms with E-state index < -0.39 is 29.9 Å². The molecule has 4 nitrogen and oxygen atoms in total. The third-order valence-corrected chi connectivity index (χ3v) is 2.54. The topological polar surface area (TPSA) is 66.4 Å². The maximum Gasteiger partial charge on any atom is 0.394 e. The minimum absolute atomic E-state index is 0.0546. The number of carbonyl (C=O) groups is 2. The first-order valence-electron chi connectivity index (χ1n) is 5.51. The van der Waals surface area contributed by atoms with Crippen molar-refractivity contribution in [2.45, 2.75) is 39.8 Å². The third-order valence-electron chi connectivity index (χ3n) is 2.54. The van der Waals surface area contributed by atoms with Crippen LogP contribution in [0.25, 0.3) is 0 Å². The molecule has 0 heterocycles. The molecule has 0 aromatic heterocycles. The molecule has 18 heavy (non-hydrogen) atoms. The van der Waals surface area contributed by atoms with Gasteiger partial charge in [-0.1, -0.05) is 20.8 Å². The van der Waals surface area contributed by atoms with Gasteiger partial charge in [-0.05, 0) is 5.92 Å². The van der Waals surface area contributed by atoms with E-state index in [0.717, 1.165) is 13.8 Å². The smallest absolute Gasteiger partial charge is 0.394 e. The molecular weight excluding hydrogens is 251 g/mol. The van der Waals surface area contributed by atoms with Crippen LogP contribution in [0.15, 0.2) is 0 Å². The zero-order valence-corrected chi connectivity index (χ0v) is 10.6. The molecule has 0 saturated carbocycles. The first-order chi connectivity index (χ1) is 7.95. The summed E-state index contributed by atoms with van der Waals surface area (Å²) in [6, 6.07) is 0. The molecule has 7 heteroatoms. The summed E-state index contributed by atoms with van der Waals surface area (Å²) in [4.78, 5) is 21.7. The van der Waals surface area contributed by atoms with Crippen LogP contribution < -0.4 is 5.32 Å².